The zero-order valence-corrected chi connectivity index (χ0v) is 7.42. The fourth-order valence-electron chi connectivity index (χ4n) is 1.64. The first kappa shape index (κ1) is 8.69. The van der Waals surface area contributed by atoms with Gasteiger partial charge in [0, 0.05) is 6.42 Å². The van der Waals surface area contributed by atoms with Gasteiger partial charge in [-0.3, -0.25) is 0 Å². The van der Waals surface area contributed by atoms with Crippen LogP contribution in [0.25, 0.3) is 0 Å². The van der Waals surface area contributed by atoms with Gasteiger partial charge in [-0.25, -0.2) is 9.37 Å². The summed E-state index contributed by atoms with van der Waals surface area (Å²) in [6, 6.07) is 0. The second-order valence-electron chi connectivity index (χ2n) is 3.43. The average Bonchev–Trinajstić information content (AvgIpc) is 2.76. The van der Waals surface area contributed by atoms with E-state index in [2.05, 4.69) is 10.3 Å². The molecule has 13 heavy (non-hydrogen) atoms. The zero-order valence-electron chi connectivity index (χ0n) is 7.42. The van der Waals surface area contributed by atoms with Gasteiger partial charge < -0.3 is 9.73 Å². The number of aromatic nitrogens is 1. The van der Waals surface area contributed by atoms with Crippen molar-refractivity contribution in [2.75, 3.05) is 13.1 Å². The molecule has 2 rings (SSSR count). The molecule has 0 saturated carbocycles. The minimum absolute atomic E-state index is 0.404. The molecule has 72 valence electrons. The van der Waals surface area contributed by atoms with Crippen LogP contribution in [0.1, 0.15) is 18.0 Å². The smallest absolute Gasteiger partial charge is 0.194 e. The maximum absolute atomic E-state index is 12.1. The summed E-state index contributed by atoms with van der Waals surface area (Å²) in [6.45, 7) is 1.56. The van der Waals surface area contributed by atoms with Crippen LogP contribution >= 0.6 is 0 Å². The first-order valence-electron chi connectivity index (χ1n) is 4.58. The standard InChI is InChI=1S/C9H13FN2O/c10-4-8-6-13-9(12-8)3-7-1-2-11-5-7/h6-7,11H,1-5H2. The van der Waals surface area contributed by atoms with Gasteiger partial charge in [0.1, 0.15) is 18.6 Å². The molecule has 1 unspecified atom stereocenters. The van der Waals surface area contributed by atoms with E-state index in [0.29, 0.717) is 17.5 Å². The highest BCUT2D eigenvalue weighted by atomic mass is 19.1. The van der Waals surface area contributed by atoms with Crippen molar-refractivity contribution in [3.63, 3.8) is 0 Å². The molecule has 3 nitrogen and oxygen atoms in total. The number of rotatable bonds is 3. The second-order valence-corrected chi connectivity index (χ2v) is 3.43. The topological polar surface area (TPSA) is 38.1 Å². The molecule has 1 aliphatic heterocycles. The van der Waals surface area contributed by atoms with E-state index in [1.807, 2.05) is 0 Å². The van der Waals surface area contributed by atoms with Crippen LogP contribution < -0.4 is 5.32 Å². The van der Waals surface area contributed by atoms with Gasteiger partial charge in [-0.2, -0.15) is 0 Å². The summed E-state index contributed by atoms with van der Waals surface area (Å²) in [5.74, 6) is 1.27. The second kappa shape index (κ2) is 3.87. The Morgan fingerprint density at radius 3 is 3.23 bits per heavy atom. The molecule has 4 heteroatoms. The van der Waals surface area contributed by atoms with Gasteiger partial charge in [0.2, 0.25) is 0 Å². The summed E-state index contributed by atoms with van der Waals surface area (Å²) in [5.41, 5.74) is 0.404. The van der Waals surface area contributed by atoms with E-state index >= 15 is 0 Å². The Balaban J connectivity index is 1.92. The molecule has 1 aromatic rings. The van der Waals surface area contributed by atoms with Crippen molar-refractivity contribution in [2.45, 2.75) is 19.5 Å². The van der Waals surface area contributed by atoms with Crippen molar-refractivity contribution < 1.29 is 8.81 Å². The van der Waals surface area contributed by atoms with E-state index in [1.165, 1.54) is 6.26 Å². The fourth-order valence-corrected chi connectivity index (χ4v) is 1.64. The van der Waals surface area contributed by atoms with Gasteiger partial charge in [0.05, 0.1) is 0 Å². The predicted octanol–water partition coefficient (Wildman–Crippen LogP) is 1.30. The minimum atomic E-state index is -0.535. The molecule has 1 aromatic heterocycles. The van der Waals surface area contributed by atoms with Gasteiger partial charge >= 0.3 is 0 Å². The molecule has 0 aromatic carbocycles. The van der Waals surface area contributed by atoms with Crippen LogP contribution in [0.2, 0.25) is 0 Å². The minimum Gasteiger partial charge on any atom is -0.449 e. The Bertz CT molecular complexity index is 268. The average molecular weight is 184 g/mol. The summed E-state index contributed by atoms with van der Waals surface area (Å²) < 4.78 is 17.3. The molecule has 0 spiro atoms. The van der Waals surface area contributed by atoms with Crippen LogP contribution in [0, 0.1) is 5.92 Å². The molecule has 1 aliphatic rings. The van der Waals surface area contributed by atoms with Crippen LogP contribution in [0.4, 0.5) is 4.39 Å². The van der Waals surface area contributed by atoms with Gasteiger partial charge in [-0.05, 0) is 25.4 Å². The molecule has 1 saturated heterocycles. The van der Waals surface area contributed by atoms with E-state index in [9.17, 15) is 4.39 Å². The Hall–Kier alpha value is -0.900. The van der Waals surface area contributed by atoms with E-state index in [0.717, 1.165) is 25.9 Å². The largest absolute Gasteiger partial charge is 0.449 e. The summed E-state index contributed by atoms with van der Waals surface area (Å²) in [6.07, 6.45) is 3.39. The van der Waals surface area contributed by atoms with Gasteiger partial charge in [-0.1, -0.05) is 0 Å². The van der Waals surface area contributed by atoms with Crippen LogP contribution in [0.15, 0.2) is 10.7 Å². The maximum atomic E-state index is 12.1. The van der Waals surface area contributed by atoms with Crippen molar-refractivity contribution in [1.82, 2.24) is 10.3 Å². The highest BCUT2D eigenvalue weighted by molar-refractivity contribution is 4.96. The number of halogens is 1. The number of nitrogens with one attached hydrogen (secondary N) is 1. The molecule has 1 fully saturated rings. The van der Waals surface area contributed by atoms with Crippen molar-refractivity contribution in [3.05, 3.63) is 17.8 Å². The number of alkyl halides is 1. The summed E-state index contributed by atoms with van der Waals surface area (Å²) in [7, 11) is 0. The lowest BCUT2D eigenvalue weighted by Crippen LogP contribution is -2.10. The molecular weight excluding hydrogens is 171 g/mol. The Morgan fingerprint density at radius 2 is 2.62 bits per heavy atom. The van der Waals surface area contributed by atoms with Crippen molar-refractivity contribution in [3.8, 4) is 0 Å². The molecule has 0 radical (unpaired) electrons. The Morgan fingerprint density at radius 1 is 1.69 bits per heavy atom. The molecule has 0 bridgehead atoms. The van der Waals surface area contributed by atoms with Gasteiger partial charge in [0.25, 0.3) is 0 Å². The van der Waals surface area contributed by atoms with Gasteiger partial charge in [-0.15, -0.1) is 0 Å². The van der Waals surface area contributed by atoms with Crippen LogP contribution in [-0.4, -0.2) is 18.1 Å². The SMILES string of the molecule is FCc1coc(CC2CCNC2)n1. The third-order valence-corrected chi connectivity index (χ3v) is 2.36. The van der Waals surface area contributed by atoms with Crippen LogP contribution in [0.5, 0.6) is 0 Å². The van der Waals surface area contributed by atoms with Crippen LogP contribution in [0.3, 0.4) is 0 Å². The number of hydrogen-bond acceptors (Lipinski definition) is 3. The lowest BCUT2D eigenvalue weighted by atomic mass is 10.1. The quantitative estimate of drug-likeness (QED) is 0.769. The molecule has 0 aliphatic carbocycles. The van der Waals surface area contributed by atoms with E-state index in [-0.39, 0.29) is 0 Å². The van der Waals surface area contributed by atoms with Gasteiger partial charge in [0.15, 0.2) is 5.89 Å². The molecule has 1 N–H and O–H groups in total. The number of nitrogens with zero attached hydrogens (tertiary/aromatic N) is 1. The number of oxazole rings is 1. The highest BCUT2D eigenvalue weighted by Crippen LogP contribution is 2.14. The lowest BCUT2D eigenvalue weighted by molar-refractivity contribution is 0.441. The maximum Gasteiger partial charge on any atom is 0.194 e. The monoisotopic (exact) mass is 184 g/mol. The molecule has 1 atom stereocenters. The summed E-state index contributed by atoms with van der Waals surface area (Å²) in [4.78, 5) is 4.02. The molecule has 2 heterocycles. The Kier molecular flexibility index (Phi) is 2.59. The van der Waals surface area contributed by atoms with Crippen LogP contribution in [-0.2, 0) is 13.1 Å². The van der Waals surface area contributed by atoms with E-state index in [4.69, 9.17) is 4.42 Å². The Labute approximate surface area is 76.3 Å². The van der Waals surface area contributed by atoms with Crippen molar-refractivity contribution in [2.24, 2.45) is 5.92 Å². The van der Waals surface area contributed by atoms with E-state index in [1.54, 1.807) is 0 Å². The predicted molar refractivity (Wildman–Crippen MR) is 46.0 cm³/mol. The first-order chi connectivity index (χ1) is 6.38. The fraction of sp³-hybridized carbons (Fsp3) is 0.667. The normalized spacial score (nSPS) is 22.4. The number of hydrogen-bond donors (Lipinski definition) is 1. The third kappa shape index (κ3) is 2.06. The third-order valence-electron chi connectivity index (χ3n) is 2.36. The first-order valence-corrected chi connectivity index (χ1v) is 4.58. The van der Waals surface area contributed by atoms with Crippen molar-refractivity contribution in [1.29, 1.82) is 0 Å². The zero-order chi connectivity index (χ0) is 9.10. The summed E-state index contributed by atoms with van der Waals surface area (Å²) >= 11 is 0. The molecular formula is C9H13FN2O. The summed E-state index contributed by atoms with van der Waals surface area (Å²) in [5, 5.41) is 3.27. The lowest BCUT2D eigenvalue weighted by Gasteiger charge is -2.02. The van der Waals surface area contributed by atoms with Crippen molar-refractivity contribution >= 4 is 0 Å². The highest BCUT2D eigenvalue weighted by Gasteiger charge is 2.17. The molecule has 0 amide bonds. The van der Waals surface area contributed by atoms with E-state index < -0.39 is 6.67 Å².